The topological polar surface area (TPSA) is 75.4 Å². The standard InChI is InChI=1S/C12H25N3O2S.ClH/c1-9(2)11(16)14-6-7-15(3)12(17)10(13)5-8-18-4;/h9-10H,5-8,13H2,1-4H3,(H,14,16);1H. The minimum Gasteiger partial charge on any atom is -0.354 e. The van der Waals surface area contributed by atoms with E-state index in [1.165, 1.54) is 0 Å². The number of thioether (sulfide) groups is 1. The van der Waals surface area contributed by atoms with E-state index >= 15 is 0 Å². The molecule has 0 fully saturated rings. The quantitative estimate of drug-likeness (QED) is 0.692. The molecule has 2 amide bonds. The fraction of sp³-hybridized carbons (Fsp3) is 0.833. The molecule has 1 unspecified atom stereocenters. The van der Waals surface area contributed by atoms with Gasteiger partial charge in [-0.1, -0.05) is 13.8 Å². The molecule has 7 heteroatoms. The fourth-order valence-corrected chi connectivity index (χ4v) is 1.80. The Hall–Kier alpha value is -0.460. The van der Waals surface area contributed by atoms with Crippen molar-refractivity contribution in [3.8, 4) is 0 Å². The molecule has 0 aliphatic rings. The molecule has 0 bridgehead atoms. The van der Waals surface area contributed by atoms with E-state index in [2.05, 4.69) is 5.32 Å². The molecule has 5 nitrogen and oxygen atoms in total. The number of hydrogen-bond acceptors (Lipinski definition) is 4. The molecule has 3 N–H and O–H groups in total. The Morgan fingerprint density at radius 2 is 1.95 bits per heavy atom. The second kappa shape index (κ2) is 11.4. The Labute approximate surface area is 126 Å². The van der Waals surface area contributed by atoms with Gasteiger partial charge in [0.2, 0.25) is 11.8 Å². The predicted molar refractivity (Wildman–Crippen MR) is 83.7 cm³/mol. The summed E-state index contributed by atoms with van der Waals surface area (Å²) in [5.74, 6) is 0.783. The van der Waals surface area contributed by atoms with Crippen LogP contribution in [-0.2, 0) is 9.59 Å². The number of nitrogens with one attached hydrogen (secondary N) is 1. The zero-order chi connectivity index (χ0) is 14.1. The van der Waals surface area contributed by atoms with Gasteiger partial charge in [-0.2, -0.15) is 11.8 Å². The lowest BCUT2D eigenvalue weighted by atomic mass is 10.2. The van der Waals surface area contributed by atoms with Crippen LogP contribution < -0.4 is 11.1 Å². The van der Waals surface area contributed by atoms with Crippen LogP contribution in [0.1, 0.15) is 20.3 Å². The molecule has 0 aromatic carbocycles. The summed E-state index contributed by atoms with van der Waals surface area (Å²) in [7, 11) is 1.71. The van der Waals surface area contributed by atoms with Crippen molar-refractivity contribution in [3.05, 3.63) is 0 Å². The number of nitrogens with zero attached hydrogens (tertiary/aromatic N) is 1. The number of carbonyl (C=O) groups excluding carboxylic acids is 2. The van der Waals surface area contributed by atoms with Gasteiger partial charge in [-0.15, -0.1) is 12.4 Å². The van der Waals surface area contributed by atoms with Gasteiger partial charge in [0, 0.05) is 26.1 Å². The van der Waals surface area contributed by atoms with Crippen molar-refractivity contribution in [3.63, 3.8) is 0 Å². The number of rotatable bonds is 8. The summed E-state index contributed by atoms with van der Waals surface area (Å²) in [4.78, 5) is 24.7. The first-order valence-electron chi connectivity index (χ1n) is 6.17. The molecule has 1 atom stereocenters. The Kier molecular flexibility index (Phi) is 12.5. The van der Waals surface area contributed by atoms with Crippen molar-refractivity contribution in [1.29, 1.82) is 0 Å². The lowest BCUT2D eigenvalue weighted by Crippen LogP contribution is -2.45. The van der Waals surface area contributed by atoms with E-state index in [1.54, 1.807) is 23.7 Å². The van der Waals surface area contributed by atoms with Crippen LogP contribution in [0.3, 0.4) is 0 Å². The molecule has 0 spiro atoms. The van der Waals surface area contributed by atoms with Crippen LogP contribution in [0.25, 0.3) is 0 Å². The van der Waals surface area contributed by atoms with E-state index in [9.17, 15) is 9.59 Å². The van der Waals surface area contributed by atoms with Crippen LogP contribution in [0.4, 0.5) is 0 Å². The van der Waals surface area contributed by atoms with Crippen LogP contribution in [0.15, 0.2) is 0 Å². The molecule has 0 aromatic rings. The molecule has 0 saturated carbocycles. The van der Waals surface area contributed by atoms with Gasteiger partial charge in [0.05, 0.1) is 6.04 Å². The molecule has 0 heterocycles. The highest BCUT2D eigenvalue weighted by Gasteiger charge is 2.17. The summed E-state index contributed by atoms with van der Waals surface area (Å²) in [5.41, 5.74) is 5.79. The summed E-state index contributed by atoms with van der Waals surface area (Å²) < 4.78 is 0. The Bertz CT molecular complexity index is 278. The molecule has 0 radical (unpaired) electrons. The van der Waals surface area contributed by atoms with Crippen molar-refractivity contribution in [2.75, 3.05) is 32.1 Å². The van der Waals surface area contributed by atoms with Gasteiger partial charge in [-0.3, -0.25) is 9.59 Å². The van der Waals surface area contributed by atoms with E-state index in [1.807, 2.05) is 20.1 Å². The monoisotopic (exact) mass is 311 g/mol. The molecule has 19 heavy (non-hydrogen) atoms. The third-order valence-corrected chi connectivity index (χ3v) is 3.24. The largest absolute Gasteiger partial charge is 0.354 e. The molecule has 114 valence electrons. The fourth-order valence-electron chi connectivity index (χ4n) is 1.31. The van der Waals surface area contributed by atoms with Crippen molar-refractivity contribution in [2.24, 2.45) is 11.7 Å². The summed E-state index contributed by atoms with van der Waals surface area (Å²) >= 11 is 1.68. The first-order chi connectivity index (χ1) is 8.40. The lowest BCUT2D eigenvalue weighted by Gasteiger charge is -2.21. The number of halogens is 1. The maximum atomic E-state index is 11.8. The van der Waals surface area contributed by atoms with Gasteiger partial charge in [-0.05, 0) is 18.4 Å². The van der Waals surface area contributed by atoms with E-state index in [0.29, 0.717) is 19.5 Å². The van der Waals surface area contributed by atoms with Crippen LogP contribution in [0.5, 0.6) is 0 Å². The molecular weight excluding hydrogens is 286 g/mol. The SMILES string of the molecule is CSCCC(N)C(=O)N(C)CCNC(=O)C(C)C.Cl. The average Bonchev–Trinajstić information content (AvgIpc) is 2.34. The maximum Gasteiger partial charge on any atom is 0.239 e. The van der Waals surface area contributed by atoms with E-state index in [4.69, 9.17) is 5.73 Å². The Morgan fingerprint density at radius 3 is 2.42 bits per heavy atom. The van der Waals surface area contributed by atoms with E-state index in [-0.39, 0.29) is 30.1 Å². The third kappa shape index (κ3) is 9.13. The molecule has 0 rings (SSSR count). The summed E-state index contributed by atoms with van der Waals surface area (Å²) in [6.07, 6.45) is 2.67. The predicted octanol–water partition coefficient (Wildman–Crippen LogP) is 0.719. The van der Waals surface area contributed by atoms with Gasteiger partial charge >= 0.3 is 0 Å². The van der Waals surface area contributed by atoms with Gasteiger partial charge in [-0.25, -0.2) is 0 Å². The van der Waals surface area contributed by atoms with Crippen LogP contribution in [0, 0.1) is 5.92 Å². The van der Waals surface area contributed by atoms with Crippen molar-refractivity contribution < 1.29 is 9.59 Å². The molecule has 0 aliphatic carbocycles. The second-order valence-corrected chi connectivity index (χ2v) is 5.58. The minimum absolute atomic E-state index is 0. The number of likely N-dealkylation sites (N-methyl/N-ethyl adjacent to an activating group) is 1. The van der Waals surface area contributed by atoms with Gasteiger partial charge in [0.1, 0.15) is 0 Å². The van der Waals surface area contributed by atoms with E-state index in [0.717, 1.165) is 5.75 Å². The summed E-state index contributed by atoms with van der Waals surface area (Å²) in [6.45, 7) is 4.63. The maximum absolute atomic E-state index is 11.8. The molecule has 0 saturated heterocycles. The average molecular weight is 312 g/mol. The minimum atomic E-state index is -0.441. The number of hydrogen-bond donors (Lipinski definition) is 2. The molecule has 0 aliphatic heterocycles. The smallest absolute Gasteiger partial charge is 0.239 e. The van der Waals surface area contributed by atoms with Gasteiger partial charge in [0.15, 0.2) is 0 Å². The van der Waals surface area contributed by atoms with Crippen LogP contribution in [0.2, 0.25) is 0 Å². The highest BCUT2D eigenvalue weighted by molar-refractivity contribution is 7.98. The number of carbonyl (C=O) groups is 2. The van der Waals surface area contributed by atoms with Gasteiger partial charge in [0.25, 0.3) is 0 Å². The molecular formula is C12H26ClN3O2S. The third-order valence-electron chi connectivity index (χ3n) is 2.60. The Balaban J connectivity index is 0. The van der Waals surface area contributed by atoms with Crippen LogP contribution in [-0.4, -0.2) is 54.9 Å². The van der Waals surface area contributed by atoms with Gasteiger partial charge < -0.3 is 16.0 Å². The lowest BCUT2D eigenvalue weighted by molar-refractivity contribution is -0.132. The molecule has 0 aromatic heterocycles. The normalized spacial score (nSPS) is 11.7. The van der Waals surface area contributed by atoms with Crippen molar-refractivity contribution >= 4 is 36.0 Å². The van der Waals surface area contributed by atoms with Crippen molar-refractivity contribution in [1.82, 2.24) is 10.2 Å². The number of nitrogens with two attached hydrogens (primary N) is 1. The zero-order valence-corrected chi connectivity index (χ0v) is 13.8. The first-order valence-corrected chi connectivity index (χ1v) is 7.56. The van der Waals surface area contributed by atoms with Crippen LogP contribution >= 0.6 is 24.2 Å². The highest BCUT2D eigenvalue weighted by atomic mass is 35.5. The highest BCUT2D eigenvalue weighted by Crippen LogP contribution is 2.01. The summed E-state index contributed by atoms with van der Waals surface area (Å²) in [5, 5.41) is 2.77. The second-order valence-electron chi connectivity index (χ2n) is 4.59. The Morgan fingerprint density at radius 1 is 1.37 bits per heavy atom. The first kappa shape index (κ1) is 20.8. The zero-order valence-electron chi connectivity index (χ0n) is 12.1. The number of amides is 2. The summed E-state index contributed by atoms with van der Waals surface area (Å²) in [6, 6.07) is -0.441. The van der Waals surface area contributed by atoms with E-state index < -0.39 is 6.04 Å². The van der Waals surface area contributed by atoms with Crippen molar-refractivity contribution in [2.45, 2.75) is 26.3 Å².